The Bertz CT molecular complexity index is 1100. The minimum Gasteiger partial charge on any atom is -0.384 e. The number of carbonyl (C=O) groups is 1. The standard InChI is InChI=1S/C23H24N4OS/c1-23(2)12-18(26-14-15-8-10-24-21-17(15)9-11-25-21)20(19(28)13-23)22(29)27-16-6-4-3-5-7-16/h3-11,26H,12-14H2,1-2H3,(H,24,25)(H,27,29). The molecule has 0 aliphatic heterocycles. The highest BCUT2D eigenvalue weighted by molar-refractivity contribution is 7.81. The van der Waals surface area contributed by atoms with Gasteiger partial charge < -0.3 is 15.6 Å². The summed E-state index contributed by atoms with van der Waals surface area (Å²) in [4.78, 5) is 20.9. The fourth-order valence-electron chi connectivity index (χ4n) is 3.82. The molecule has 4 rings (SSSR count). The van der Waals surface area contributed by atoms with E-state index in [9.17, 15) is 4.79 Å². The number of pyridine rings is 1. The van der Waals surface area contributed by atoms with Crippen LogP contribution in [0.2, 0.25) is 0 Å². The van der Waals surface area contributed by atoms with E-state index < -0.39 is 0 Å². The van der Waals surface area contributed by atoms with E-state index in [4.69, 9.17) is 12.2 Å². The van der Waals surface area contributed by atoms with Crippen molar-refractivity contribution in [2.24, 2.45) is 5.41 Å². The number of hydrogen-bond donors (Lipinski definition) is 3. The number of fused-ring (bicyclic) bond motifs is 1. The Labute approximate surface area is 175 Å². The van der Waals surface area contributed by atoms with Crippen molar-refractivity contribution in [1.82, 2.24) is 15.3 Å². The second-order valence-corrected chi connectivity index (χ2v) is 8.59. The molecule has 6 heteroatoms. The predicted octanol–water partition coefficient (Wildman–Crippen LogP) is 4.74. The molecule has 1 aliphatic rings. The van der Waals surface area contributed by atoms with Crippen LogP contribution in [0.4, 0.5) is 5.69 Å². The molecule has 0 atom stereocenters. The summed E-state index contributed by atoms with van der Waals surface area (Å²) in [6.45, 7) is 4.84. The summed E-state index contributed by atoms with van der Waals surface area (Å²) in [5, 5.41) is 7.81. The van der Waals surface area contributed by atoms with Crippen molar-refractivity contribution >= 4 is 39.7 Å². The molecule has 0 fully saturated rings. The number of hydrogen-bond acceptors (Lipinski definition) is 4. The molecule has 0 unspecified atom stereocenters. The highest BCUT2D eigenvalue weighted by Crippen LogP contribution is 2.36. The van der Waals surface area contributed by atoms with Gasteiger partial charge in [-0.15, -0.1) is 0 Å². The van der Waals surface area contributed by atoms with Crippen molar-refractivity contribution in [2.75, 3.05) is 5.32 Å². The molecule has 0 saturated carbocycles. The van der Waals surface area contributed by atoms with Crippen LogP contribution in [0.25, 0.3) is 11.0 Å². The van der Waals surface area contributed by atoms with Crippen LogP contribution >= 0.6 is 12.2 Å². The van der Waals surface area contributed by atoms with Crippen molar-refractivity contribution in [2.45, 2.75) is 33.2 Å². The van der Waals surface area contributed by atoms with Crippen LogP contribution in [-0.2, 0) is 11.3 Å². The summed E-state index contributed by atoms with van der Waals surface area (Å²) < 4.78 is 0. The normalized spacial score (nSPS) is 16.1. The minimum absolute atomic E-state index is 0.0821. The Balaban J connectivity index is 1.63. The number of aromatic nitrogens is 2. The van der Waals surface area contributed by atoms with Gasteiger partial charge in [-0.2, -0.15) is 0 Å². The van der Waals surface area contributed by atoms with E-state index in [1.807, 2.05) is 48.7 Å². The van der Waals surface area contributed by atoms with Crippen LogP contribution in [0.1, 0.15) is 32.3 Å². The quantitative estimate of drug-likeness (QED) is 0.536. The van der Waals surface area contributed by atoms with Crippen molar-refractivity contribution in [3.05, 3.63) is 71.7 Å². The molecule has 0 saturated heterocycles. The Morgan fingerprint density at radius 1 is 1.17 bits per heavy atom. The highest BCUT2D eigenvalue weighted by Gasteiger charge is 2.34. The number of nitrogens with one attached hydrogen (secondary N) is 3. The third-order valence-electron chi connectivity index (χ3n) is 5.18. The molecule has 3 aromatic rings. The van der Waals surface area contributed by atoms with Crippen LogP contribution in [0.15, 0.2) is 66.1 Å². The lowest BCUT2D eigenvalue weighted by atomic mass is 9.75. The first kappa shape index (κ1) is 19.3. The first-order valence-corrected chi connectivity index (χ1v) is 10.1. The molecular weight excluding hydrogens is 380 g/mol. The zero-order valence-electron chi connectivity index (χ0n) is 16.6. The number of allylic oxidation sites excluding steroid dienone is 1. The van der Waals surface area contributed by atoms with Gasteiger partial charge in [0.15, 0.2) is 5.78 Å². The fraction of sp³-hybridized carbons (Fsp3) is 0.261. The first-order chi connectivity index (χ1) is 13.9. The molecule has 1 aromatic carbocycles. The lowest BCUT2D eigenvalue weighted by Gasteiger charge is -2.33. The third kappa shape index (κ3) is 4.22. The van der Waals surface area contributed by atoms with Gasteiger partial charge in [0.1, 0.15) is 10.6 Å². The Morgan fingerprint density at radius 2 is 1.97 bits per heavy atom. The van der Waals surface area contributed by atoms with E-state index in [0.717, 1.165) is 34.4 Å². The number of H-pyrrole nitrogens is 1. The molecule has 0 radical (unpaired) electrons. The molecule has 2 aromatic heterocycles. The SMILES string of the molecule is CC1(C)CC(=O)C(C(=S)Nc2ccccc2)=C(NCc2ccnc3[nH]ccc23)C1. The average molecular weight is 405 g/mol. The number of rotatable bonds is 5. The predicted molar refractivity (Wildman–Crippen MR) is 121 cm³/mol. The van der Waals surface area contributed by atoms with Crippen molar-refractivity contribution in [3.63, 3.8) is 0 Å². The van der Waals surface area contributed by atoms with Gasteiger partial charge in [0.05, 0.1) is 5.57 Å². The van der Waals surface area contributed by atoms with Crippen molar-refractivity contribution in [1.29, 1.82) is 0 Å². The highest BCUT2D eigenvalue weighted by atomic mass is 32.1. The summed E-state index contributed by atoms with van der Waals surface area (Å²) in [6, 6.07) is 13.7. The smallest absolute Gasteiger partial charge is 0.168 e. The van der Waals surface area contributed by atoms with Gasteiger partial charge in [0.25, 0.3) is 0 Å². The largest absolute Gasteiger partial charge is 0.384 e. The molecule has 3 N–H and O–H groups in total. The lowest BCUT2D eigenvalue weighted by molar-refractivity contribution is -0.117. The monoisotopic (exact) mass is 404 g/mol. The number of thiocarbonyl (C=S) groups is 1. The van der Waals surface area contributed by atoms with Crippen molar-refractivity contribution < 1.29 is 4.79 Å². The summed E-state index contributed by atoms with van der Waals surface area (Å²) >= 11 is 5.63. The van der Waals surface area contributed by atoms with E-state index in [-0.39, 0.29) is 11.2 Å². The van der Waals surface area contributed by atoms with Crippen LogP contribution < -0.4 is 10.6 Å². The molecule has 0 bridgehead atoms. The van der Waals surface area contributed by atoms with Gasteiger partial charge in [0, 0.05) is 42.1 Å². The maximum absolute atomic E-state index is 13.0. The van der Waals surface area contributed by atoms with E-state index in [1.165, 1.54) is 0 Å². The lowest BCUT2D eigenvalue weighted by Crippen LogP contribution is -2.35. The Morgan fingerprint density at radius 3 is 2.76 bits per heavy atom. The molecule has 5 nitrogen and oxygen atoms in total. The number of anilines is 1. The molecule has 148 valence electrons. The molecule has 0 amide bonds. The van der Waals surface area contributed by atoms with E-state index in [1.54, 1.807) is 6.20 Å². The van der Waals surface area contributed by atoms with Crippen LogP contribution in [0.5, 0.6) is 0 Å². The number of Topliss-reactive ketones (excluding diaryl/α,β-unsaturated/α-hetero) is 1. The maximum Gasteiger partial charge on any atom is 0.168 e. The summed E-state index contributed by atoms with van der Waals surface area (Å²) in [6.07, 6.45) is 4.94. The molecule has 1 aliphatic carbocycles. The average Bonchev–Trinajstić information content (AvgIpc) is 3.15. The summed E-state index contributed by atoms with van der Waals surface area (Å²) in [5.41, 5.74) is 4.26. The number of nitrogens with zero attached hydrogens (tertiary/aromatic N) is 1. The van der Waals surface area contributed by atoms with Crippen LogP contribution in [0.3, 0.4) is 0 Å². The van der Waals surface area contributed by atoms with Crippen molar-refractivity contribution in [3.8, 4) is 0 Å². The van der Waals surface area contributed by atoms with E-state index >= 15 is 0 Å². The maximum atomic E-state index is 13.0. The number of carbonyl (C=O) groups excluding carboxylic acids is 1. The van der Waals surface area contributed by atoms with E-state index in [0.29, 0.717) is 23.5 Å². The fourth-order valence-corrected chi connectivity index (χ4v) is 4.18. The van der Waals surface area contributed by atoms with Gasteiger partial charge in [0.2, 0.25) is 0 Å². The number of aromatic amines is 1. The second kappa shape index (κ2) is 7.79. The third-order valence-corrected chi connectivity index (χ3v) is 5.48. The van der Waals surface area contributed by atoms with Gasteiger partial charge >= 0.3 is 0 Å². The first-order valence-electron chi connectivity index (χ1n) is 9.70. The van der Waals surface area contributed by atoms with Gasteiger partial charge in [-0.3, -0.25) is 4.79 Å². The van der Waals surface area contributed by atoms with Gasteiger partial charge in [-0.05, 0) is 41.7 Å². The zero-order valence-corrected chi connectivity index (χ0v) is 17.4. The Kier molecular flexibility index (Phi) is 5.20. The van der Waals surface area contributed by atoms with Gasteiger partial charge in [-0.1, -0.05) is 44.3 Å². The zero-order chi connectivity index (χ0) is 20.4. The molecular formula is C23H24N4OS. The minimum atomic E-state index is -0.104. The number of benzene rings is 1. The number of para-hydroxylation sites is 1. The topological polar surface area (TPSA) is 69.8 Å². The molecule has 2 heterocycles. The summed E-state index contributed by atoms with van der Waals surface area (Å²) in [7, 11) is 0. The molecule has 0 spiro atoms. The van der Waals surface area contributed by atoms with Gasteiger partial charge in [-0.25, -0.2) is 4.98 Å². The second-order valence-electron chi connectivity index (χ2n) is 8.18. The van der Waals surface area contributed by atoms with Crippen LogP contribution in [-0.4, -0.2) is 20.7 Å². The van der Waals surface area contributed by atoms with E-state index in [2.05, 4.69) is 34.4 Å². The summed E-state index contributed by atoms with van der Waals surface area (Å²) in [5.74, 6) is 0.0821. The number of ketones is 1. The van der Waals surface area contributed by atoms with Crippen LogP contribution in [0, 0.1) is 5.41 Å². The Hall–Kier alpha value is -2.99. The molecule has 29 heavy (non-hydrogen) atoms.